The number of carbonyl (C=O) groups is 1. The van der Waals surface area contributed by atoms with Crippen molar-refractivity contribution < 1.29 is 18.0 Å². The molecule has 2 aromatic heterocycles. The van der Waals surface area contributed by atoms with Crippen LogP contribution in [0.5, 0.6) is 0 Å². The molecule has 2 heterocycles. The third kappa shape index (κ3) is 6.19. The fraction of sp³-hybridized carbons (Fsp3) is 0.444. The van der Waals surface area contributed by atoms with Crippen LogP contribution < -0.4 is 11.1 Å². The lowest BCUT2D eigenvalue weighted by Crippen LogP contribution is -2.36. The lowest BCUT2D eigenvalue weighted by molar-refractivity contribution is -0.141. The van der Waals surface area contributed by atoms with Gasteiger partial charge in [-0.15, -0.1) is 0 Å². The van der Waals surface area contributed by atoms with Crippen molar-refractivity contribution in [3.8, 4) is 11.4 Å². The van der Waals surface area contributed by atoms with E-state index < -0.39 is 23.8 Å². The van der Waals surface area contributed by atoms with Gasteiger partial charge in [0.2, 0.25) is 5.91 Å². The van der Waals surface area contributed by atoms with Crippen LogP contribution in [-0.2, 0) is 11.0 Å². The second-order valence-electron chi connectivity index (χ2n) is 7.39. The maximum atomic E-state index is 13.2. The van der Waals surface area contributed by atoms with E-state index in [1.807, 2.05) is 20.8 Å². The number of nitrogens with two attached hydrogens (primary N) is 1. The molecule has 6 nitrogen and oxygen atoms in total. The van der Waals surface area contributed by atoms with Crippen LogP contribution in [0.15, 0.2) is 30.6 Å². The zero-order valence-electron chi connectivity index (χ0n) is 15.3. The molecule has 9 heteroatoms. The lowest BCUT2D eigenvalue weighted by Gasteiger charge is -2.23. The number of hydrogen-bond donors (Lipinski definition) is 2. The number of pyridine rings is 1. The molecule has 1 atom stereocenters. The average molecular weight is 381 g/mol. The van der Waals surface area contributed by atoms with Gasteiger partial charge in [-0.1, -0.05) is 20.8 Å². The van der Waals surface area contributed by atoms with Gasteiger partial charge in [0.15, 0.2) is 11.5 Å². The number of amides is 1. The van der Waals surface area contributed by atoms with E-state index in [0.717, 1.165) is 6.07 Å². The fourth-order valence-electron chi connectivity index (χ4n) is 2.34. The van der Waals surface area contributed by atoms with Crippen LogP contribution in [0.2, 0.25) is 0 Å². The van der Waals surface area contributed by atoms with E-state index >= 15 is 0 Å². The Bertz CT molecular complexity index is 788. The van der Waals surface area contributed by atoms with Crippen molar-refractivity contribution in [2.24, 2.45) is 11.1 Å². The molecule has 0 aliphatic rings. The molecule has 27 heavy (non-hydrogen) atoms. The molecule has 0 fully saturated rings. The fourth-order valence-corrected chi connectivity index (χ4v) is 2.34. The molecule has 1 amide bonds. The Balaban J connectivity index is 2.38. The number of carbonyl (C=O) groups excluding carboxylic acids is 1. The summed E-state index contributed by atoms with van der Waals surface area (Å²) in [6.45, 7) is 6.00. The first-order chi connectivity index (χ1) is 12.5. The van der Waals surface area contributed by atoms with Gasteiger partial charge in [-0.2, -0.15) is 13.2 Å². The maximum Gasteiger partial charge on any atom is 0.433 e. The van der Waals surface area contributed by atoms with E-state index in [2.05, 4.69) is 20.3 Å². The molecular formula is C18H22F3N5O. The Morgan fingerprint density at radius 1 is 1.19 bits per heavy atom. The largest absolute Gasteiger partial charge is 0.433 e. The number of halogens is 3. The molecule has 146 valence electrons. The van der Waals surface area contributed by atoms with E-state index in [1.165, 1.54) is 24.5 Å². The number of primary amides is 1. The number of nitrogens with zero attached hydrogens (tertiary/aromatic N) is 3. The third-order valence-corrected chi connectivity index (χ3v) is 3.80. The number of hydrogen-bond acceptors (Lipinski definition) is 5. The van der Waals surface area contributed by atoms with Gasteiger partial charge in [0.1, 0.15) is 11.9 Å². The molecule has 0 aromatic carbocycles. The SMILES string of the molecule is CC(C)(C)CC[C@@H](Nc1cc(C(F)(F)F)nc(-c2ccncc2)n1)C(N)=O. The van der Waals surface area contributed by atoms with Crippen LogP contribution in [-0.4, -0.2) is 26.9 Å². The van der Waals surface area contributed by atoms with Crippen molar-refractivity contribution in [2.45, 2.75) is 45.8 Å². The molecule has 2 rings (SSSR count). The molecule has 0 bridgehead atoms. The summed E-state index contributed by atoms with van der Waals surface area (Å²) in [5, 5.41) is 2.73. The molecule has 0 unspecified atom stereocenters. The summed E-state index contributed by atoms with van der Waals surface area (Å²) in [6.07, 6.45) is -0.769. The molecule has 0 spiro atoms. The molecular weight excluding hydrogens is 359 g/mol. The van der Waals surface area contributed by atoms with Crippen LogP contribution >= 0.6 is 0 Å². The smallest absolute Gasteiger partial charge is 0.368 e. The normalized spacial score (nSPS) is 13.3. The zero-order chi connectivity index (χ0) is 20.2. The predicted octanol–water partition coefficient (Wildman–Crippen LogP) is 3.65. The Labute approximate surface area is 155 Å². The summed E-state index contributed by atoms with van der Waals surface area (Å²) in [7, 11) is 0. The number of rotatable bonds is 6. The van der Waals surface area contributed by atoms with Crippen LogP contribution in [0.25, 0.3) is 11.4 Å². The summed E-state index contributed by atoms with van der Waals surface area (Å²) >= 11 is 0. The Morgan fingerprint density at radius 3 is 2.33 bits per heavy atom. The molecule has 0 aliphatic heterocycles. The van der Waals surface area contributed by atoms with Gasteiger partial charge in [0, 0.05) is 24.0 Å². The van der Waals surface area contributed by atoms with Crippen molar-refractivity contribution in [3.63, 3.8) is 0 Å². The second kappa shape index (κ2) is 7.89. The van der Waals surface area contributed by atoms with Gasteiger partial charge < -0.3 is 11.1 Å². The Kier molecular flexibility index (Phi) is 6.02. The van der Waals surface area contributed by atoms with Gasteiger partial charge in [0.25, 0.3) is 0 Å². The highest BCUT2D eigenvalue weighted by molar-refractivity contribution is 5.82. The van der Waals surface area contributed by atoms with E-state index in [-0.39, 0.29) is 17.1 Å². The van der Waals surface area contributed by atoms with Crippen molar-refractivity contribution in [3.05, 3.63) is 36.3 Å². The van der Waals surface area contributed by atoms with Gasteiger partial charge in [0.05, 0.1) is 0 Å². The number of alkyl halides is 3. The lowest BCUT2D eigenvalue weighted by atomic mass is 9.88. The van der Waals surface area contributed by atoms with Crippen molar-refractivity contribution in [1.82, 2.24) is 15.0 Å². The summed E-state index contributed by atoms with van der Waals surface area (Å²) in [6, 6.07) is 2.94. The second-order valence-corrected chi connectivity index (χ2v) is 7.39. The highest BCUT2D eigenvalue weighted by Gasteiger charge is 2.34. The summed E-state index contributed by atoms with van der Waals surface area (Å²) < 4.78 is 39.7. The first-order valence-corrected chi connectivity index (χ1v) is 8.38. The molecule has 3 N–H and O–H groups in total. The molecule has 0 saturated carbocycles. The highest BCUT2D eigenvalue weighted by atomic mass is 19.4. The molecule has 2 aromatic rings. The van der Waals surface area contributed by atoms with Crippen molar-refractivity contribution in [1.29, 1.82) is 0 Å². The summed E-state index contributed by atoms with van der Waals surface area (Å²) in [5.41, 5.74) is 4.63. The summed E-state index contributed by atoms with van der Waals surface area (Å²) in [5.74, 6) is -0.882. The standard InChI is InChI=1S/C18H22F3N5O/c1-17(2,3)7-4-12(15(22)27)24-14-10-13(18(19,20)21)25-16(26-14)11-5-8-23-9-6-11/h5-6,8-10,12H,4,7H2,1-3H3,(H2,22,27)(H,24,25,26)/t12-/m1/s1. The predicted molar refractivity (Wildman–Crippen MR) is 95.6 cm³/mol. The van der Waals surface area contributed by atoms with Gasteiger partial charge in [-0.05, 0) is 30.4 Å². The molecule has 0 radical (unpaired) electrons. The van der Waals surface area contributed by atoms with E-state index in [1.54, 1.807) is 0 Å². The van der Waals surface area contributed by atoms with E-state index in [9.17, 15) is 18.0 Å². The Morgan fingerprint density at radius 2 is 1.81 bits per heavy atom. The topological polar surface area (TPSA) is 93.8 Å². The van der Waals surface area contributed by atoms with Crippen molar-refractivity contribution >= 4 is 11.7 Å². The van der Waals surface area contributed by atoms with Gasteiger partial charge in [-0.25, -0.2) is 9.97 Å². The summed E-state index contributed by atoms with van der Waals surface area (Å²) in [4.78, 5) is 23.3. The zero-order valence-corrected chi connectivity index (χ0v) is 15.3. The number of aromatic nitrogens is 3. The third-order valence-electron chi connectivity index (χ3n) is 3.80. The minimum absolute atomic E-state index is 0.0552. The van der Waals surface area contributed by atoms with Crippen LogP contribution in [0, 0.1) is 5.41 Å². The first-order valence-electron chi connectivity index (χ1n) is 8.38. The minimum Gasteiger partial charge on any atom is -0.368 e. The average Bonchev–Trinajstić information content (AvgIpc) is 2.57. The molecule has 0 aliphatic carbocycles. The van der Waals surface area contributed by atoms with Crippen LogP contribution in [0.3, 0.4) is 0 Å². The number of anilines is 1. The first kappa shape index (κ1) is 20.6. The van der Waals surface area contributed by atoms with Gasteiger partial charge in [-0.3, -0.25) is 9.78 Å². The minimum atomic E-state index is -4.66. The van der Waals surface area contributed by atoms with Gasteiger partial charge >= 0.3 is 6.18 Å². The van der Waals surface area contributed by atoms with E-state index in [4.69, 9.17) is 5.73 Å². The maximum absolute atomic E-state index is 13.2. The number of nitrogens with one attached hydrogen (secondary N) is 1. The monoisotopic (exact) mass is 381 g/mol. The highest BCUT2D eigenvalue weighted by Crippen LogP contribution is 2.31. The van der Waals surface area contributed by atoms with E-state index in [0.29, 0.717) is 18.4 Å². The van der Waals surface area contributed by atoms with Crippen LogP contribution in [0.4, 0.5) is 19.0 Å². The van der Waals surface area contributed by atoms with Crippen molar-refractivity contribution in [2.75, 3.05) is 5.32 Å². The Hall–Kier alpha value is -2.71. The quantitative estimate of drug-likeness (QED) is 0.797. The van der Waals surface area contributed by atoms with Crippen LogP contribution in [0.1, 0.15) is 39.3 Å². The molecule has 0 saturated heterocycles.